The first-order valence-electron chi connectivity index (χ1n) is 5.14. The predicted molar refractivity (Wildman–Crippen MR) is 64.1 cm³/mol. The predicted octanol–water partition coefficient (Wildman–Crippen LogP) is 2.30. The fourth-order valence-corrected chi connectivity index (χ4v) is 2.87. The smallest absolute Gasteiger partial charge is 0.128 e. The van der Waals surface area contributed by atoms with E-state index in [4.69, 9.17) is 0 Å². The van der Waals surface area contributed by atoms with Crippen LogP contribution in [0.15, 0.2) is 30.3 Å². The molecule has 0 bridgehead atoms. The fourth-order valence-electron chi connectivity index (χ4n) is 2.06. The molecule has 1 heterocycles. The standard InChI is InChI=1S/C12H14BrNO/c13-11(10-4-2-1-3-5-10)12(9-15)6-7-14-8-12/h1-5,9,11,14H,6-8H2. The van der Waals surface area contributed by atoms with Crippen LogP contribution < -0.4 is 5.32 Å². The highest BCUT2D eigenvalue weighted by Gasteiger charge is 2.40. The molecule has 0 spiro atoms. The first kappa shape index (κ1) is 10.8. The second-order valence-electron chi connectivity index (χ2n) is 4.05. The van der Waals surface area contributed by atoms with Gasteiger partial charge in [-0.05, 0) is 18.5 Å². The van der Waals surface area contributed by atoms with Crippen LogP contribution in [0.5, 0.6) is 0 Å². The van der Waals surface area contributed by atoms with E-state index in [0.717, 1.165) is 25.8 Å². The molecule has 3 heteroatoms. The summed E-state index contributed by atoms with van der Waals surface area (Å²) in [5, 5.41) is 3.25. The topological polar surface area (TPSA) is 29.1 Å². The Morgan fingerprint density at radius 1 is 1.40 bits per heavy atom. The number of nitrogens with one attached hydrogen (secondary N) is 1. The van der Waals surface area contributed by atoms with Gasteiger partial charge in [0.2, 0.25) is 0 Å². The molecule has 2 unspecified atom stereocenters. The van der Waals surface area contributed by atoms with Crippen LogP contribution in [0.1, 0.15) is 16.8 Å². The molecular formula is C12H14BrNO. The van der Waals surface area contributed by atoms with E-state index in [9.17, 15) is 4.79 Å². The monoisotopic (exact) mass is 267 g/mol. The molecular weight excluding hydrogens is 254 g/mol. The van der Waals surface area contributed by atoms with Crippen LogP contribution in [0.25, 0.3) is 0 Å². The zero-order chi connectivity index (χ0) is 10.7. The number of rotatable bonds is 3. The minimum Gasteiger partial charge on any atom is -0.316 e. The summed E-state index contributed by atoms with van der Waals surface area (Å²) in [6.07, 6.45) is 2.00. The van der Waals surface area contributed by atoms with Crippen LogP contribution in [-0.4, -0.2) is 19.4 Å². The van der Waals surface area contributed by atoms with Crippen molar-refractivity contribution in [3.05, 3.63) is 35.9 Å². The van der Waals surface area contributed by atoms with Gasteiger partial charge in [0.25, 0.3) is 0 Å². The largest absolute Gasteiger partial charge is 0.316 e. The van der Waals surface area contributed by atoms with Gasteiger partial charge in [-0.1, -0.05) is 46.3 Å². The van der Waals surface area contributed by atoms with Gasteiger partial charge in [-0.15, -0.1) is 0 Å². The molecule has 1 N–H and O–H groups in total. The van der Waals surface area contributed by atoms with Crippen molar-refractivity contribution < 1.29 is 4.79 Å². The lowest BCUT2D eigenvalue weighted by molar-refractivity contribution is -0.115. The highest BCUT2D eigenvalue weighted by molar-refractivity contribution is 9.09. The molecule has 0 saturated carbocycles. The van der Waals surface area contributed by atoms with E-state index >= 15 is 0 Å². The third kappa shape index (κ3) is 1.99. The molecule has 0 aliphatic carbocycles. The van der Waals surface area contributed by atoms with Crippen LogP contribution in [-0.2, 0) is 4.79 Å². The van der Waals surface area contributed by atoms with Crippen LogP contribution in [0.4, 0.5) is 0 Å². The second kappa shape index (κ2) is 4.45. The molecule has 1 fully saturated rings. The van der Waals surface area contributed by atoms with Crippen LogP contribution >= 0.6 is 15.9 Å². The van der Waals surface area contributed by atoms with E-state index in [1.165, 1.54) is 5.56 Å². The normalized spacial score (nSPS) is 27.5. The minimum absolute atomic E-state index is 0.110. The first-order valence-corrected chi connectivity index (χ1v) is 6.06. The molecule has 2 atom stereocenters. The SMILES string of the molecule is O=CC1(C(Br)c2ccccc2)CCNC1. The van der Waals surface area contributed by atoms with Crippen molar-refractivity contribution in [1.82, 2.24) is 5.32 Å². The third-order valence-corrected chi connectivity index (χ3v) is 4.49. The molecule has 2 rings (SSSR count). The van der Waals surface area contributed by atoms with E-state index in [1.54, 1.807) is 0 Å². The number of benzene rings is 1. The molecule has 0 aromatic heterocycles. The maximum Gasteiger partial charge on any atom is 0.128 e. The summed E-state index contributed by atoms with van der Waals surface area (Å²) in [4.78, 5) is 11.4. The Labute approximate surface area is 98.2 Å². The van der Waals surface area contributed by atoms with Gasteiger partial charge in [0.1, 0.15) is 6.29 Å². The molecule has 1 aromatic rings. The van der Waals surface area contributed by atoms with E-state index in [2.05, 4.69) is 33.4 Å². The van der Waals surface area contributed by atoms with Gasteiger partial charge in [0.15, 0.2) is 0 Å². The Morgan fingerprint density at radius 2 is 2.13 bits per heavy atom. The summed E-state index contributed by atoms with van der Waals surface area (Å²) < 4.78 is 0. The number of aldehydes is 1. The Hall–Kier alpha value is -0.670. The summed E-state index contributed by atoms with van der Waals surface area (Å²) in [6.45, 7) is 1.69. The summed E-state index contributed by atoms with van der Waals surface area (Å²) in [7, 11) is 0. The summed E-state index contributed by atoms with van der Waals surface area (Å²) >= 11 is 3.66. The second-order valence-corrected chi connectivity index (χ2v) is 4.97. The van der Waals surface area contributed by atoms with Crippen LogP contribution in [0.3, 0.4) is 0 Å². The quantitative estimate of drug-likeness (QED) is 0.673. The summed E-state index contributed by atoms with van der Waals surface area (Å²) in [6, 6.07) is 10.1. The molecule has 2 nitrogen and oxygen atoms in total. The van der Waals surface area contributed by atoms with Gasteiger partial charge < -0.3 is 10.1 Å². The van der Waals surface area contributed by atoms with Crippen molar-refractivity contribution in [3.8, 4) is 0 Å². The number of hydrogen-bond donors (Lipinski definition) is 1. The maximum atomic E-state index is 11.3. The Morgan fingerprint density at radius 3 is 2.67 bits per heavy atom. The summed E-state index contributed by atoms with van der Waals surface area (Å²) in [5.41, 5.74) is 0.898. The lowest BCUT2D eigenvalue weighted by atomic mass is 9.82. The highest BCUT2D eigenvalue weighted by atomic mass is 79.9. The maximum absolute atomic E-state index is 11.3. The van der Waals surface area contributed by atoms with Crippen molar-refractivity contribution in [3.63, 3.8) is 0 Å². The number of hydrogen-bond acceptors (Lipinski definition) is 2. The van der Waals surface area contributed by atoms with Crippen LogP contribution in [0.2, 0.25) is 0 Å². The molecule has 0 radical (unpaired) electrons. The lowest BCUT2D eigenvalue weighted by Crippen LogP contribution is -2.30. The Bertz CT molecular complexity index is 333. The van der Waals surface area contributed by atoms with Gasteiger partial charge in [0.05, 0.1) is 10.2 Å². The zero-order valence-corrected chi connectivity index (χ0v) is 10.0. The van der Waals surface area contributed by atoms with E-state index in [-0.39, 0.29) is 10.2 Å². The van der Waals surface area contributed by atoms with E-state index in [1.807, 2.05) is 18.2 Å². The molecule has 1 aliphatic heterocycles. The zero-order valence-electron chi connectivity index (χ0n) is 8.45. The van der Waals surface area contributed by atoms with Gasteiger partial charge >= 0.3 is 0 Å². The average Bonchev–Trinajstić information content (AvgIpc) is 2.79. The van der Waals surface area contributed by atoms with Crippen LogP contribution in [0, 0.1) is 5.41 Å². The Balaban J connectivity index is 2.26. The molecule has 0 amide bonds. The molecule has 15 heavy (non-hydrogen) atoms. The van der Waals surface area contributed by atoms with Crippen molar-refractivity contribution in [2.24, 2.45) is 5.41 Å². The van der Waals surface area contributed by atoms with Gasteiger partial charge in [-0.25, -0.2) is 0 Å². The molecule has 80 valence electrons. The van der Waals surface area contributed by atoms with Gasteiger partial charge in [0, 0.05) is 6.54 Å². The van der Waals surface area contributed by atoms with Gasteiger partial charge in [-0.3, -0.25) is 0 Å². The number of carbonyl (C=O) groups excluding carboxylic acids is 1. The van der Waals surface area contributed by atoms with Crippen molar-refractivity contribution >= 4 is 22.2 Å². The molecule has 1 saturated heterocycles. The number of carbonyl (C=O) groups is 1. The highest BCUT2D eigenvalue weighted by Crippen LogP contribution is 2.43. The Kier molecular flexibility index (Phi) is 3.22. The molecule has 1 aliphatic rings. The molecule has 1 aromatic carbocycles. The minimum atomic E-state index is -0.276. The van der Waals surface area contributed by atoms with Gasteiger partial charge in [-0.2, -0.15) is 0 Å². The van der Waals surface area contributed by atoms with Crippen molar-refractivity contribution in [1.29, 1.82) is 0 Å². The number of halogens is 1. The van der Waals surface area contributed by atoms with E-state index < -0.39 is 0 Å². The van der Waals surface area contributed by atoms with E-state index in [0.29, 0.717) is 0 Å². The first-order chi connectivity index (χ1) is 7.28. The third-order valence-electron chi connectivity index (χ3n) is 3.05. The average molecular weight is 268 g/mol. The lowest BCUT2D eigenvalue weighted by Gasteiger charge is -2.27. The van der Waals surface area contributed by atoms with Crippen molar-refractivity contribution in [2.45, 2.75) is 11.2 Å². The number of alkyl halides is 1. The summed E-state index contributed by atoms with van der Waals surface area (Å²) in [5.74, 6) is 0. The van der Waals surface area contributed by atoms with Crippen molar-refractivity contribution in [2.75, 3.05) is 13.1 Å². The fraction of sp³-hybridized carbons (Fsp3) is 0.417.